The number of halogens is 1. The van der Waals surface area contributed by atoms with E-state index in [0.717, 1.165) is 22.8 Å². The van der Waals surface area contributed by atoms with Gasteiger partial charge in [0, 0.05) is 5.56 Å². The summed E-state index contributed by atoms with van der Waals surface area (Å²) in [5.74, 6) is 1.31. The summed E-state index contributed by atoms with van der Waals surface area (Å²) in [7, 11) is 0. The maximum absolute atomic E-state index is 12.9. The van der Waals surface area contributed by atoms with Gasteiger partial charge in [0.05, 0.1) is 17.6 Å². The van der Waals surface area contributed by atoms with Gasteiger partial charge in [0.25, 0.3) is 0 Å². The number of nitrogens with zero attached hydrogens (tertiary/aromatic N) is 2. The Kier molecular flexibility index (Phi) is 2.82. The van der Waals surface area contributed by atoms with Crippen molar-refractivity contribution in [1.29, 1.82) is 0 Å². The van der Waals surface area contributed by atoms with Crippen molar-refractivity contribution in [3.8, 4) is 16.9 Å². The fraction of sp³-hybridized carbons (Fsp3) is 0.133. The zero-order valence-electron chi connectivity index (χ0n) is 11.2. The van der Waals surface area contributed by atoms with Crippen molar-refractivity contribution in [3.05, 3.63) is 53.9 Å². The molecule has 1 aromatic carbocycles. The first-order valence-electron chi connectivity index (χ1n) is 6.23. The Morgan fingerprint density at radius 2 is 1.90 bits per heavy atom. The maximum Gasteiger partial charge on any atom is 0.123 e. The van der Waals surface area contributed by atoms with E-state index in [2.05, 4.69) is 5.10 Å². The summed E-state index contributed by atoms with van der Waals surface area (Å²) < 4.78 is 20.1. The highest BCUT2D eigenvalue weighted by Gasteiger charge is 2.15. The summed E-state index contributed by atoms with van der Waals surface area (Å²) >= 11 is 0. The Hall–Kier alpha value is -2.56. The molecule has 0 aliphatic heterocycles. The van der Waals surface area contributed by atoms with Crippen LogP contribution in [0.4, 0.5) is 10.1 Å². The molecule has 2 N–H and O–H groups in total. The predicted molar refractivity (Wildman–Crippen MR) is 75.1 cm³/mol. The molecule has 3 rings (SSSR count). The molecule has 2 heterocycles. The minimum Gasteiger partial charge on any atom is -0.466 e. The van der Waals surface area contributed by atoms with Crippen LogP contribution in [0.5, 0.6) is 0 Å². The second-order valence-corrected chi connectivity index (χ2v) is 4.68. The highest BCUT2D eigenvalue weighted by molar-refractivity contribution is 5.74. The molecule has 0 radical (unpaired) electrons. The van der Waals surface area contributed by atoms with Gasteiger partial charge in [-0.3, -0.25) is 0 Å². The van der Waals surface area contributed by atoms with E-state index in [0.29, 0.717) is 11.4 Å². The van der Waals surface area contributed by atoms with E-state index >= 15 is 0 Å². The van der Waals surface area contributed by atoms with E-state index in [-0.39, 0.29) is 5.82 Å². The van der Waals surface area contributed by atoms with Gasteiger partial charge < -0.3 is 10.2 Å². The van der Waals surface area contributed by atoms with Crippen LogP contribution in [0, 0.1) is 19.7 Å². The average molecular weight is 271 g/mol. The van der Waals surface area contributed by atoms with Crippen LogP contribution in [0.25, 0.3) is 16.9 Å². The molecule has 0 spiro atoms. The summed E-state index contributed by atoms with van der Waals surface area (Å²) in [6, 6.07) is 7.99. The lowest BCUT2D eigenvalue weighted by Gasteiger charge is -2.00. The number of nitrogens with two attached hydrogens (primary N) is 1. The molecule has 0 bridgehead atoms. The summed E-state index contributed by atoms with van der Waals surface area (Å²) in [5.41, 5.74) is 8.87. The normalized spacial score (nSPS) is 10.9. The Labute approximate surface area is 115 Å². The zero-order valence-corrected chi connectivity index (χ0v) is 11.2. The molecule has 0 amide bonds. The van der Waals surface area contributed by atoms with Crippen LogP contribution < -0.4 is 5.73 Å². The standard InChI is InChI=1S/C15H14FN3O/c1-9-7-13(10(2)20-9)15-14(17)8-19(18-15)12-5-3-11(16)4-6-12/h3-8H,17H2,1-2H3. The van der Waals surface area contributed by atoms with Crippen molar-refractivity contribution in [3.63, 3.8) is 0 Å². The summed E-state index contributed by atoms with van der Waals surface area (Å²) in [6.45, 7) is 3.75. The summed E-state index contributed by atoms with van der Waals surface area (Å²) in [5, 5.41) is 4.46. The minimum absolute atomic E-state index is 0.282. The molecule has 2 aromatic heterocycles. The van der Waals surface area contributed by atoms with Crippen LogP contribution in [0.2, 0.25) is 0 Å². The van der Waals surface area contributed by atoms with Gasteiger partial charge in [-0.1, -0.05) is 0 Å². The largest absolute Gasteiger partial charge is 0.466 e. The number of hydrogen-bond acceptors (Lipinski definition) is 3. The second kappa shape index (κ2) is 4.52. The molecule has 20 heavy (non-hydrogen) atoms. The Balaban J connectivity index is 2.07. The van der Waals surface area contributed by atoms with E-state index in [1.807, 2.05) is 19.9 Å². The quantitative estimate of drug-likeness (QED) is 0.776. The van der Waals surface area contributed by atoms with Crippen molar-refractivity contribution in [2.75, 3.05) is 5.73 Å². The smallest absolute Gasteiger partial charge is 0.123 e. The van der Waals surface area contributed by atoms with Crippen molar-refractivity contribution >= 4 is 5.69 Å². The van der Waals surface area contributed by atoms with Gasteiger partial charge in [0.1, 0.15) is 23.0 Å². The lowest BCUT2D eigenvalue weighted by molar-refractivity contribution is 0.505. The van der Waals surface area contributed by atoms with E-state index in [4.69, 9.17) is 10.2 Å². The molecule has 0 saturated carbocycles. The fourth-order valence-corrected chi connectivity index (χ4v) is 2.19. The van der Waals surface area contributed by atoms with Crippen LogP contribution in [0.3, 0.4) is 0 Å². The highest BCUT2D eigenvalue weighted by atomic mass is 19.1. The van der Waals surface area contributed by atoms with E-state index < -0.39 is 0 Å². The van der Waals surface area contributed by atoms with Crippen LogP contribution in [0.1, 0.15) is 11.5 Å². The second-order valence-electron chi connectivity index (χ2n) is 4.68. The first-order chi connectivity index (χ1) is 9.54. The Morgan fingerprint density at radius 3 is 2.50 bits per heavy atom. The number of aryl methyl sites for hydroxylation is 2. The lowest BCUT2D eigenvalue weighted by atomic mass is 10.1. The van der Waals surface area contributed by atoms with Crippen molar-refractivity contribution in [1.82, 2.24) is 9.78 Å². The molecule has 0 unspecified atom stereocenters. The summed E-state index contributed by atoms with van der Waals surface area (Å²) in [4.78, 5) is 0. The number of rotatable bonds is 2. The third kappa shape index (κ3) is 2.07. The highest BCUT2D eigenvalue weighted by Crippen LogP contribution is 2.30. The minimum atomic E-state index is -0.282. The third-order valence-electron chi connectivity index (χ3n) is 3.13. The Morgan fingerprint density at radius 1 is 1.20 bits per heavy atom. The van der Waals surface area contributed by atoms with E-state index in [1.165, 1.54) is 12.1 Å². The topological polar surface area (TPSA) is 57.0 Å². The van der Waals surface area contributed by atoms with E-state index in [9.17, 15) is 4.39 Å². The molecule has 0 saturated heterocycles. The average Bonchev–Trinajstić information content (AvgIpc) is 2.93. The molecule has 4 nitrogen and oxygen atoms in total. The van der Waals surface area contributed by atoms with Crippen molar-refractivity contribution in [2.45, 2.75) is 13.8 Å². The third-order valence-corrected chi connectivity index (χ3v) is 3.13. The first kappa shape index (κ1) is 12.5. The number of nitrogen functional groups attached to an aromatic ring is 1. The van der Waals surface area contributed by atoms with Crippen molar-refractivity contribution in [2.24, 2.45) is 0 Å². The molecule has 102 valence electrons. The predicted octanol–water partition coefficient (Wildman–Crippen LogP) is 3.47. The van der Waals surface area contributed by atoms with Crippen LogP contribution in [0.15, 0.2) is 40.9 Å². The fourth-order valence-electron chi connectivity index (χ4n) is 2.19. The molecule has 0 aliphatic carbocycles. The molecule has 5 heteroatoms. The number of anilines is 1. The van der Waals surface area contributed by atoms with Crippen molar-refractivity contribution < 1.29 is 8.81 Å². The van der Waals surface area contributed by atoms with Crippen LogP contribution in [-0.2, 0) is 0 Å². The number of furan rings is 1. The molecular formula is C15H14FN3O. The maximum atomic E-state index is 12.9. The van der Waals surface area contributed by atoms with E-state index in [1.54, 1.807) is 23.0 Å². The van der Waals surface area contributed by atoms with Gasteiger partial charge in [-0.15, -0.1) is 0 Å². The first-order valence-corrected chi connectivity index (χ1v) is 6.23. The molecular weight excluding hydrogens is 257 g/mol. The Bertz CT molecular complexity index is 756. The van der Waals surface area contributed by atoms with Gasteiger partial charge in [0.2, 0.25) is 0 Å². The molecule has 3 aromatic rings. The van der Waals surface area contributed by atoms with Gasteiger partial charge in [-0.05, 0) is 44.2 Å². The number of aromatic nitrogens is 2. The molecule has 0 fully saturated rings. The van der Waals surface area contributed by atoms with Crippen LogP contribution >= 0.6 is 0 Å². The van der Waals surface area contributed by atoms with Gasteiger partial charge in [0.15, 0.2) is 0 Å². The summed E-state index contributed by atoms with van der Waals surface area (Å²) in [6.07, 6.45) is 1.71. The van der Waals surface area contributed by atoms with Gasteiger partial charge in [-0.25, -0.2) is 9.07 Å². The molecule has 0 atom stereocenters. The number of benzene rings is 1. The monoisotopic (exact) mass is 271 g/mol. The van der Waals surface area contributed by atoms with Gasteiger partial charge in [-0.2, -0.15) is 5.10 Å². The van der Waals surface area contributed by atoms with Crippen LogP contribution in [-0.4, -0.2) is 9.78 Å². The van der Waals surface area contributed by atoms with Gasteiger partial charge >= 0.3 is 0 Å². The molecule has 0 aliphatic rings. The SMILES string of the molecule is Cc1cc(-c2nn(-c3ccc(F)cc3)cc2N)c(C)o1. The zero-order chi connectivity index (χ0) is 14.3. The number of hydrogen-bond donors (Lipinski definition) is 1. The lowest BCUT2D eigenvalue weighted by Crippen LogP contribution is -1.94.